The van der Waals surface area contributed by atoms with Crippen LogP contribution in [-0.4, -0.2) is 17.7 Å². The predicted octanol–water partition coefficient (Wildman–Crippen LogP) is -1.76. The van der Waals surface area contributed by atoms with E-state index < -0.39 is 5.97 Å². The number of aliphatic carboxylic acids is 1. The minimum atomic E-state index is -0.937. The molecule has 0 heterocycles. The van der Waals surface area contributed by atoms with E-state index in [-0.39, 0.29) is 57.8 Å². The molecule has 0 aromatic heterocycles. The summed E-state index contributed by atoms with van der Waals surface area (Å²) in [5.74, 6) is -0.937. The summed E-state index contributed by atoms with van der Waals surface area (Å²) in [4.78, 5) is 10.1. The van der Waals surface area contributed by atoms with Gasteiger partial charge >= 0.3 is 51.4 Å². The van der Waals surface area contributed by atoms with E-state index in [9.17, 15) is 9.90 Å². The molecule has 0 fully saturated rings. The normalized spacial score (nSPS) is 9.67. The number of carboxylic acid groups (broad SMARTS) is 1. The Hall–Kier alpha value is 1.07. The van der Waals surface area contributed by atoms with Crippen LogP contribution in [0, 0.1) is 0 Å². The standard InChI is InChI=1S/C11H22O3.K/c12-10-8-6-4-2-1-3-5-7-9-11(13)14;/h12H,1-10H2,(H,13,14);/q;+1/p-1. The van der Waals surface area contributed by atoms with Gasteiger partial charge in [-0.2, -0.15) is 0 Å². The molecule has 0 aromatic rings. The molecule has 0 saturated heterocycles. The van der Waals surface area contributed by atoms with Gasteiger partial charge < -0.3 is 15.0 Å². The number of unbranched alkanes of at least 4 members (excludes halogenated alkanes) is 7. The Labute approximate surface area is 135 Å². The van der Waals surface area contributed by atoms with Gasteiger partial charge in [-0.3, -0.25) is 0 Å². The summed E-state index contributed by atoms with van der Waals surface area (Å²) < 4.78 is 0. The van der Waals surface area contributed by atoms with Crippen molar-refractivity contribution in [2.45, 2.75) is 57.8 Å². The molecule has 0 atom stereocenters. The van der Waals surface area contributed by atoms with Crippen LogP contribution < -0.4 is 56.5 Å². The SMILES string of the molecule is O=C([O-])CCCCCCCCCCO.[K+]. The van der Waals surface area contributed by atoms with Crippen molar-refractivity contribution in [3.63, 3.8) is 0 Å². The average molecular weight is 240 g/mol. The Bertz CT molecular complexity index is 140. The number of carbonyl (C=O) groups is 1. The van der Waals surface area contributed by atoms with Crippen LogP contribution in [0.15, 0.2) is 0 Å². The molecule has 0 aromatic carbocycles. The second kappa shape index (κ2) is 15.1. The van der Waals surface area contributed by atoms with Crippen molar-refractivity contribution in [3.8, 4) is 0 Å². The molecule has 4 heteroatoms. The zero-order chi connectivity index (χ0) is 10.6. The molecule has 0 aliphatic rings. The second-order valence-corrected chi connectivity index (χ2v) is 3.67. The zero-order valence-electron chi connectivity index (χ0n) is 9.83. The fourth-order valence-electron chi connectivity index (χ4n) is 1.44. The molecule has 0 unspecified atom stereocenters. The van der Waals surface area contributed by atoms with Crippen molar-refractivity contribution in [1.29, 1.82) is 0 Å². The largest absolute Gasteiger partial charge is 1.00 e. The number of carboxylic acids is 1. The topological polar surface area (TPSA) is 60.4 Å². The van der Waals surface area contributed by atoms with Gasteiger partial charge in [-0.25, -0.2) is 0 Å². The molecule has 0 aliphatic heterocycles. The first-order valence-electron chi connectivity index (χ1n) is 5.58. The van der Waals surface area contributed by atoms with Crippen molar-refractivity contribution in [2.24, 2.45) is 0 Å². The number of aliphatic hydroxyl groups is 1. The van der Waals surface area contributed by atoms with Gasteiger partial charge in [0, 0.05) is 12.6 Å². The molecule has 0 aliphatic carbocycles. The summed E-state index contributed by atoms with van der Waals surface area (Å²) in [6, 6.07) is 0. The Morgan fingerprint density at radius 3 is 1.67 bits per heavy atom. The maximum absolute atomic E-state index is 10.1. The van der Waals surface area contributed by atoms with Crippen LogP contribution in [0.5, 0.6) is 0 Å². The first kappa shape index (κ1) is 18.4. The number of carbonyl (C=O) groups excluding carboxylic acids is 1. The minimum Gasteiger partial charge on any atom is -0.550 e. The fraction of sp³-hybridized carbons (Fsp3) is 0.909. The zero-order valence-corrected chi connectivity index (χ0v) is 13.0. The number of aliphatic hydroxyl groups excluding tert-OH is 1. The molecular formula is C11H21KO3. The molecule has 84 valence electrons. The van der Waals surface area contributed by atoms with E-state index in [1.165, 1.54) is 19.3 Å². The van der Waals surface area contributed by atoms with Crippen LogP contribution in [0.4, 0.5) is 0 Å². The molecular weight excluding hydrogens is 219 g/mol. The van der Waals surface area contributed by atoms with Crippen LogP contribution in [0.25, 0.3) is 0 Å². The number of rotatable bonds is 10. The average Bonchev–Trinajstić information content (AvgIpc) is 2.15. The molecule has 0 saturated carbocycles. The van der Waals surface area contributed by atoms with E-state index >= 15 is 0 Å². The quantitative estimate of drug-likeness (QED) is 0.364. The van der Waals surface area contributed by atoms with Crippen molar-refractivity contribution >= 4 is 5.97 Å². The van der Waals surface area contributed by atoms with Crippen LogP contribution in [0.3, 0.4) is 0 Å². The van der Waals surface area contributed by atoms with E-state index in [1.54, 1.807) is 0 Å². The van der Waals surface area contributed by atoms with E-state index in [1.807, 2.05) is 0 Å². The summed E-state index contributed by atoms with van der Waals surface area (Å²) >= 11 is 0. The maximum Gasteiger partial charge on any atom is 1.00 e. The van der Waals surface area contributed by atoms with Crippen LogP contribution in [0.1, 0.15) is 57.8 Å². The molecule has 0 rings (SSSR count). The summed E-state index contributed by atoms with van der Waals surface area (Å²) in [6.07, 6.45) is 8.63. The van der Waals surface area contributed by atoms with Crippen LogP contribution >= 0.6 is 0 Å². The molecule has 0 bridgehead atoms. The van der Waals surface area contributed by atoms with Gasteiger partial charge in [0.1, 0.15) is 0 Å². The Kier molecular flexibility index (Phi) is 18.5. The molecule has 1 N–H and O–H groups in total. The van der Waals surface area contributed by atoms with Crippen molar-refractivity contribution in [2.75, 3.05) is 6.61 Å². The smallest absolute Gasteiger partial charge is 0.550 e. The fourth-order valence-corrected chi connectivity index (χ4v) is 1.44. The maximum atomic E-state index is 10.1. The summed E-state index contributed by atoms with van der Waals surface area (Å²) in [5.41, 5.74) is 0. The van der Waals surface area contributed by atoms with E-state index in [4.69, 9.17) is 5.11 Å². The van der Waals surface area contributed by atoms with Gasteiger partial charge in [0.15, 0.2) is 0 Å². The third-order valence-electron chi connectivity index (χ3n) is 2.29. The minimum absolute atomic E-state index is 0. The van der Waals surface area contributed by atoms with Crippen molar-refractivity contribution < 1.29 is 66.4 Å². The van der Waals surface area contributed by atoms with Gasteiger partial charge in [0.2, 0.25) is 0 Å². The molecule has 3 nitrogen and oxygen atoms in total. The van der Waals surface area contributed by atoms with E-state index in [2.05, 4.69) is 0 Å². The predicted molar refractivity (Wildman–Crippen MR) is 53.6 cm³/mol. The van der Waals surface area contributed by atoms with Gasteiger partial charge in [-0.1, -0.05) is 38.5 Å². The number of hydrogen-bond donors (Lipinski definition) is 1. The first-order chi connectivity index (χ1) is 6.77. The van der Waals surface area contributed by atoms with Crippen molar-refractivity contribution in [3.05, 3.63) is 0 Å². The number of hydrogen-bond acceptors (Lipinski definition) is 3. The molecule has 0 amide bonds. The van der Waals surface area contributed by atoms with Gasteiger partial charge in [0.05, 0.1) is 0 Å². The Morgan fingerprint density at radius 1 is 0.867 bits per heavy atom. The molecule has 15 heavy (non-hydrogen) atoms. The Balaban J connectivity index is 0. The van der Waals surface area contributed by atoms with E-state index in [0.717, 1.165) is 32.1 Å². The molecule has 0 spiro atoms. The third kappa shape index (κ3) is 17.7. The van der Waals surface area contributed by atoms with Gasteiger partial charge in [0.25, 0.3) is 0 Å². The van der Waals surface area contributed by atoms with Gasteiger partial charge in [-0.05, 0) is 19.3 Å². The Morgan fingerprint density at radius 2 is 1.27 bits per heavy atom. The molecule has 0 radical (unpaired) electrons. The van der Waals surface area contributed by atoms with Crippen molar-refractivity contribution in [1.82, 2.24) is 0 Å². The van der Waals surface area contributed by atoms with Crippen LogP contribution in [0.2, 0.25) is 0 Å². The monoisotopic (exact) mass is 240 g/mol. The summed E-state index contributed by atoms with van der Waals surface area (Å²) in [6.45, 7) is 0.297. The third-order valence-corrected chi connectivity index (χ3v) is 2.29. The van der Waals surface area contributed by atoms with Crippen LogP contribution in [-0.2, 0) is 4.79 Å². The van der Waals surface area contributed by atoms with E-state index in [0.29, 0.717) is 6.61 Å². The first-order valence-corrected chi connectivity index (χ1v) is 5.58. The van der Waals surface area contributed by atoms with Gasteiger partial charge in [-0.15, -0.1) is 0 Å². The summed E-state index contributed by atoms with van der Waals surface area (Å²) in [7, 11) is 0. The second-order valence-electron chi connectivity index (χ2n) is 3.67. The summed E-state index contributed by atoms with van der Waals surface area (Å²) in [5, 5.41) is 18.6.